The lowest BCUT2D eigenvalue weighted by Crippen LogP contribution is -2.25. The normalized spacial score (nSPS) is 13.7. The summed E-state index contributed by atoms with van der Waals surface area (Å²) in [6.07, 6.45) is 4.71. The fourth-order valence-corrected chi connectivity index (χ4v) is 9.61. The Morgan fingerprint density at radius 2 is 1.63 bits per heavy atom. The van der Waals surface area contributed by atoms with E-state index in [0.717, 1.165) is 43.4 Å². The second kappa shape index (κ2) is 16.1. The van der Waals surface area contributed by atoms with Gasteiger partial charge in [-0.2, -0.15) is 5.26 Å². The molecule has 3 aromatic carbocycles. The van der Waals surface area contributed by atoms with Gasteiger partial charge in [-0.25, -0.2) is 18.4 Å². The number of carbonyl (C=O) groups is 2. The van der Waals surface area contributed by atoms with Crippen molar-refractivity contribution < 1.29 is 22.7 Å². The summed E-state index contributed by atoms with van der Waals surface area (Å²) < 4.78 is 36.8. The van der Waals surface area contributed by atoms with Crippen LogP contribution in [-0.4, -0.2) is 61.3 Å². The minimum atomic E-state index is -3.96. The zero-order valence-electron chi connectivity index (χ0n) is 35.0. The molecular weight excluding hydrogens is 825 g/mol. The topological polar surface area (TPSA) is 210 Å². The van der Waals surface area contributed by atoms with E-state index in [1.54, 1.807) is 54.2 Å². The molecule has 0 radical (unpaired) electrons. The van der Waals surface area contributed by atoms with Crippen molar-refractivity contribution >= 4 is 55.5 Å². The quantitative estimate of drug-likeness (QED) is 0.114. The van der Waals surface area contributed by atoms with Crippen LogP contribution in [0.25, 0.3) is 27.0 Å². The number of esters is 1. The van der Waals surface area contributed by atoms with Gasteiger partial charge in [0.05, 0.1) is 33.8 Å². The number of anilines is 1. The number of fused-ring (bicyclic) bond motifs is 4. The number of aliphatic imine (C=N–C) groups is 1. The minimum absolute atomic E-state index is 0.00476. The molecule has 1 aliphatic rings. The number of H-pyrrole nitrogens is 1. The zero-order chi connectivity index (χ0) is 44.1. The van der Waals surface area contributed by atoms with Gasteiger partial charge in [0.1, 0.15) is 28.5 Å². The summed E-state index contributed by atoms with van der Waals surface area (Å²) in [5.41, 5.74) is 7.28. The number of nitriles is 1. The van der Waals surface area contributed by atoms with E-state index < -0.39 is 27.6 Å². The highest BCUT2D eigenvalue weighted by Crippen LogP contribution is 2.40. The molecular formula is C45H42N10O5S2. The number of hydrogen-bond donors (Lipinski definition) is 3. The largest absolute Gasteiger partial charge is 0.460 e. The number of thiophene rings is 1. The Hall–Kier alpha value is -7.03. The number of sulfonamides is 1. The molecule has 1 aliphatic heterocycles. The molecule has 3 N–H and O–H groups in total. The highest BCUT2D eigenvalue weighted by molar-refractivity contribution is 7.92. The van der Waals surface area contributed by atoms with Gasteiger partial charge in [0.2, 0.25) is 5.82 Å². The van der Waals surface area contributed by atoms with Crippen LogP contribution in [0, 0.1) is 39.0 Å². The average molecular weight is 867 g/mol. The van der Waals surface area contributed by atoms with E-state index in [4.69, 9.17) is 9.73 Å². The molecule has 5 heterocycles. The van der Waals surface area contributed by atoms with Crippen LogP contribution in [0.5, 0.6) is 0 Å². The van der Waals surface area contributed by atoms with Gasteiger partial charge in [-0.3, -0.25) is 23.9 Å². The lowest BCUT2D eigenvalue weighted by molar-refractivity contribution is -0.155. The molecule has 4 aromatic heterocycles. The third kappa shape index (κ3) is 8.09. The number of rotatable bonds is 10. The first-order valence-electron chi connectivity index (χ1n) is 19.7. The Kier molecular flexibility index (Phi) is 10.8. The Labute approximate surface area is 362 Å². The van der Waals surface area contributed by atoms with Gasteiger partial charge in [0, 0.05) is 52.1 Å². The van der Waals surface area contributed by atoms with Crippen LogP contribution < -0.4 is 10.0 Å². The summed E-state index contributed by atoms with van der Waals surface area (Å²) in [6, 6.07) is 18.9. The van der Waals surface area contributed by atoms with Crippen molar-refractivity contribution in [1.82, 2.24) is 35.0 Å². The maximum atomic E-state index is 13.3. The predicted octanol–water partition coefficient (Wildman–Crippen LogP) is 7.73. The van der Waals surface area contributed by atoms with Crippen LogP contribution in [0.15, 0.2) is 89.1 Å². The Morgan fingerprint density at radius 1 is 0.935 bits per heavy atom. The number of aromatic nitrogens is 6. The van der Waals surface area contributed by atoms with Crippen molar-refractivity contribution in [3.8, 4) is 22.2 Å². The van der Waals surface area contributed by atoms with E-state index in [1.807, 2.05) is 63.5 Å². The number of aromatic amines is 1. The Balaban J connectivity index is 0.951. The highest BCUT2D eigenvalue weighted by atomic mass is 32.2. The molecule has 0 saturated carbocycles. The number of hydrogen-bond acceptors (Lipinski definition) is 12. The summed E-state index contributed by atoms with van der Waals surface area (Å²) in [4.78, 5) is 44.2. The van der Waals surface area contributed by atoms with Gasteiger partial charge in [-0.1, -0.05) is 42.5 Å². The van der Waals surface area contributed by atoms with Crippen molar-refractivity contribution in [2.45, 2.75) is 78.0 Å². The molecule has 1 amide bonds. The second-order valence-electron chi connectivity index (χ2n) is 16.0. The summed E-state index contributed by atoms with van der Waals surface area (Å²) in [5.74, 6) is 0.382. The van der Waals surface area contributed by atoms with E-state index in [9.17, 15) is 23.3 Å². The van der Waals surface area contributed by atoms with Crippen LogP contribution in [-0.2, 0) is 26.1 Å². The molecule has 62 heavy (non-hydrogen) atoms. The number of nitrogens with one attached hydrogen (secondary N) is 3. The van der Waals surface area contributed by atoms with Crippen molar-refractivity contribution in [1.29, 1.82) is 5.26 Å². The van der Waals surface area contributed by atoms with Gasteiger partial charge in [-0.15, -0.1) is 21.5 Å². The van der Waals surface area contributed by atoms with Gasteiger partial charge in [0.25, 0.3) is 15.9 Å². The fourth-order valence-electron chi connectivity index (χ4n) is 7.33. The number of ether oxygens (including phenoxy) is 1. The standard InChI is InChI=1S/C45H42N10O5S2/c1-24-8-17-34(40-37(24)31(19-46)21-47-40)54-62(58,59)33-15-9-28(10-16-33)20-50-43(57)41-48-22-32(23-49-41)29-11-13-30(14-12-29)39-38-25(2)26(3)61-44(38)55-27(4)52-53-42(55)35(51-39)18-36(56)60-45(5,6)7/h8-17,21-23,35,47,54H,18,20H2,1-7H3,(H,50,57)/t35-/m0/s1. The number of carbonyl (C=O) groups excluding carboxylic acids is 2. The van der Waals surface area contributed by atoms with Crippen LogP contribution >= 0.6 is 11.3 Å². The molecule has 0 spiro atoms. The molecule has 8 rings (SSSR count). The zero-order valence-corrected chi connectivity index (χ0v) is 36.6. The second-order valence-corrected chi connectivity index (χ2v) is 18.9. The molecule has 7 aromatic rings. The van der Waals surface area contributed by atoms with Crippen LogP contribution in [0.1, 0.15) is 93.8 Å². The van der Waals surface area contributed by atoms with Crippen molar-refractivity contribution in [2.75, 3.05) is 4.72 Å². The molecule has 1 atom stereocenters. The lowest BCUT2D eigenvalue weighted by Gasteiger charge is -2.21. The average Bonchev–Trinajstić information content (AvgIpc) is 3.91. The monoisotopic (exact) mass is 866 g/mol. The molecule has 314 valence electrons. The van der Waals surface area contributed by atoms with Crippen LogP contribution in [0.3, 0.4) is 0 Å². The summed E-state index contributed by atoms with van der Waals surface area (Å²) in [6.45, 7) is 13.5. The van der Waals surface area contributed by atoms with Gasteiger partial charge in [-0.05, 0) is 88.9 Å². The number of amides is 1. The molecule has 0 bridgehead atoms. The van der Waals surface area contributed by atoms with Gasteiger partial charge >= 0.3 is 5.97 Å². The minimum Gasteiger partial charge on any atom is -0.460 e. The van der Waals surface area contributed by atoms with E-state index in [2.05, 4.69) is 55.1 Å². The van der Waals surface area contributed by atoms with Gasteiger partial charge in [0.15, 0.2) is 5.82 Å². The highest BCUT2D eigenvalue weighted by Gasteiger charge is 2.33. The third-order valence-corrected chi connectivity index (χ3v) is 13.0. The fraction of sp³-hybridized carbons (Fsp3) is 0.244. The van der Waals surface area contributed by atoms with Crippen molar-refractivity contribution in [3.05, 3.63) is 135 Å². The maximum Gasteiger partial charge on any atom is 0.308 e. The number of nitrogens with zero attached hydrogens (tertiary/aromatic N) is 7. The molecule has 0 unspecified atom stereocenters. The Bertz CT molecular complexity index is 3080. The van der Waals surface area contributed by atoms with E-state index in [1.165, 1.54) is 12.1 Å². The van der Waals surface area contributed by atoms with E-state index >= 15 is 0 Å². The first-order valence-corrected chi connectivity index (χ1v) is 22.0. The van der Waals surface area contributed by atoms with Gasteiger partial charge < -0.3 is 15.0 Å². The summed E-state index contributed by atoms with van der Waals surface area (Å²) in [7, 11) is -3.96. The van der Waals surface area contributed by atoms with Crippen molar-refractivity contribution in [2.24, 2.45) is 4.99 Å². The van der Waals surface area contributed by atoms with E-state index in [-0.39, 0.29) is 29.7 Å². The molecule has 15 nitrogen and oxygen atoms in total. The van der Waals surface area contributed by atoms with Crippen LogP contribution in [0.4, 0.5) is 5.69 Å². The van der Waals surface area contributed by atoms with Crippen LogP contribution in [0.2, 0.25) is 0 Å². The first-order chi connectivity index (χ1) is 29.5. The molecule has 0 saturated heterocycles. The number of benzene rings is 3. The summed E-state index contributed by atoms with van der Waals surface area (Å²) >= 11 is 1.63. The predicted molar refractivity (Wildman–Crippen MR) is 236 cm³/mol. The van der Waals surface area contributed by atoms with Crippen molar-refractivity contribution in [3.63, 3.8) is 0 Å². The maximum absolute atomic E-state index is 13.3. The SMILES string of the molecule is Cc1sc2c(c1C)C(c1ccc(-c3cnc(C(=O)NCc4ccc(S(=O)(=O)Nc5ccc(C)c6c(C#N)c[nH]c56)cc4)nc3)cc1)=N[C@@H](CC(=O)OC(C)(C)C)c1nnc(C)n1-2. The molecule has 0 aliphatic carbocycles. The Morgan fingerprint density at radius 3 is 2.31 bits per heavy atom. The summed E-state index contributed by atoms with van der Waals surface area (Å²) in [5, 5.41) is 22.7. The lowest BCUT2D eigenvalue weighted by atomic mass is 9.97. The number of aryl methyl sites for hydroxylation is 3. The third-order valence-electron chi connectivity index (χ3n) is 10.5. The molecule has 0 fully saturated rings. The molecule has 17 heteroatoms. The van der Waals surface area contributed by atoms with E-state index in [0.29, 0.717) is 44.9 Å². The first kappa shape index (κ1) is 41.7. The smallest absolute Gasteiger partial charge is 0.308 e.